The molecule has 1 fully saturated rings. The fourth-order valence-corrected chi connectivity index (χ4v) is 3.14. The highest BCUT2D eigenvalue weighted by atomic mass is 16.5. The van der Waals surface area contributed by atoms with E-state index in [1.54, 1.807) is 4.90 Å². The van der Waals surface area contributed by atoms with Gasteiger partial charge in [0, 0.05) is 42.8 Å². The van der Waals surface area contributed by atoms with E-state index in [4.69, 9.17) is 4.74 Å². The van der Waals surface area contributed by atoms with Crippen LogP contribution in [0.2, 0.25) is 0 Å². The third-order valence-corrected chi connectivity index (χ3v) is 4.32. The van der Waals surface area contributed by atoms with Crippen LogP contribution >= 0.6 is 0 Å². The summed E-state index contributed by atoms with van der Waals surface area (Å²) in [5.74, 6) is 0.0201. The number of aromatic amines is 1. The lowest BCUT2D eigenvalue weighted by Gasteiger charge is -2.21. The summed E-state index contributed by atoms with van der Waals surface area (Å²) in [4.78, 5) is 31.4. The molecule has 0 radical (unpaired) electrons. The molecule has 0 bridgehead atoms. The van der Waals surface area contributed by atoms with E-state index in [-0.39, 0.29) is 12.0 Å². The van der Waals surface area contributed by atoms with Crippen molar-refractivity contribution in [2.45, 2.75) is 13.3 Å². The maximum absolute atomic E-state index is 13.0. The fourth-order valence-electron chi connectivity index (χ4n) is 3.14. The van der Waals surface area contributed by atoms with Crippen molar-refractivity contribution in [1.82, 2.24) is 14.8 Å². The number of carbonyl (C=O) groups excluding carboxylic acids is 2. The number of hydrogen-bond donors (Lipinski definition) is 1. The zero-order valence-corrected chi connectivity index (χ0v) is 13.5. The predicted octanol–water partition coefficient (Wildman–Crippen LogP) is 2.39. The number of nitrogens with zero attached hydrogens (tertiary/aromatic N) is 2. The molecule has 6 nitrogen and oxygen atoms in total. The van der Waals surface area contributed by atoms with Crippen molar-refractivity contribution < 1.29 is 14.3 Å². The highest BCUT2D eigenvalue weighted by Crippen LogP contribution is 2.23. The van der Waals surface area contributed by atoms with Crippen molar-refractivity contribution in [3.05, 3.63) is 35.5 Å². The Morgan fingerprint density at radius 1 is 1.09 bits per heavy atom. The Hall–Kier alpha value is -2.50. The highest BCUT2D eigenvalue weighted by Gasteiger charge is 2.25. The van der Waals surface area contributed by atoms with Gasteiger partial charge in [0.15, 0.2) is 0 Å². The zero-order chi connectivity index (χ0) is 16.4. The molecule has 0 spiro atoms. The lowest BCUT2D eigenvalue weighted by atomic mass is 10.1. The van der Waals surface area contributed by atoms with Crippen LogP contribution in [0.1, 0.15) is 22.5 Å². The first-order chi connectivity index (χ1) is 11.1. The summed E-state index contributed by atoms with van der Waals surface area (Å²) >= 11 is 0. The molecule has 0 unspecified atom stereocenters. The molecule has 1 saturated heterocycles. The van der Waals surface area contributed by atoms with Gasteiger partial charge in [0.25, 0.3) is 5.91 Å². The third kappa shape index (κ3) is 2.88. The first-order valence-corrected chi connectivity index (χ1v) is 7.81. The smallest absolute Gasteiger partial charge is 0.409 e. The number of ether oxygens (including phenoxy) is 1. The average Bonchev–Trinajstić information content (AvgIpc) is 2.74. The van der Waals surface area contributed by atoms with Crippen molar-refractivity contribution in [2.24, 2.45) is 0 Å². The Morgan fingerprint density at radius 3 is 2.57 bits per heavy atom. The van der Waals surface area contributed by atoms with Crippen LogP contribution < -0.4 is 0 Å². The summed E-state index contributed by atoms with van der Waals surface area (Å²) in [6, 6.07) is 7.83. The quantitative estimate of drug-likeness (QED) is 0.879. The number of benzene rings is 1. The van der Waals surface area contributed by atoms with Gasteiger partial charge in [0.1, 0.15) is 0 Å². The number of carbonyl (C=O) groups is 2. The zero-order valence-electron chi connectivity index (χ0n) is 13.5. The molecule has 0 aliphatic carbocycles. The Morgan fingerprint density at radius 2 is 1.78 bits per heavy atom. The van der Waals surface area contributed by atoms with Gasteiger partial charge in [-0.1, -0.05) is 18.2 Å². The number of para-hydroxylation sites is 1. The Kier molecular flexibility index (Phi) is 4.23. The number of aromatic nitrogens is 1. The van der Waals surface area contributed by atoms with Crippen LogP contribution in [-0.4, -0.2) is 60.1 Å². The Balaban J connectivity index is 1.82. The van der Waals surface area contributed by atoms with Crippen molar-refractivity contribution >= 4 is 22.9 Å². The van der Waals surface area contributed by atoms with Crippen LogP contribution in [0.5, 0.6) is 0 Å². The van der Waals surface area contributed by atoms with E-state index in [9.17, 15) is 9.59 Å². The van der Waals surface area contributed by atoms with Crippen LogP contribution in [0.3, 0.4) is 0 Å². The molecule has 23 heavy (non-hydrogen) atoms. The summed E-state index contributed by atoms with van der Waals surface area (Å²) in [5.41, 5.74) is 2.58. The van der Waals surface area contributed by atoms with Gasteiger partial charge in [-0.15, -0.1) is 0 Å². The molecule has 1 aliphatic rings. The number of amides is 2. The van der Waals surface area contributed by atoms with Gasteiger partial charge < -0.3 is 19.5 Å². The van der Waals surface area contributed by atoms with Crippen molar-refractivity contribution in [3.63, 3.8) is 0 Å². The summed E-state index contributed by atoms with van der Waals surface area (Å²) in [6.07, 6.45) is 0.421. The van der Waals surface area contributed by atoms with Crippen LogP contribution in [0.4, 0.5) is 4.79 Å². The molecule has 2 aromatic rings. The fraction of sp³-hybridized carbons (Fsp3) is 0.412. The van der Waals surface area contributed by atoms with Crippen LogP contribution in [0, 0.1) is 6.92 Å². The SMILES string of the molecule is COC(=O)N1CCCN(C(=O)c2c(C)[nH]c3ccccc23)CC1. The number of methoxy groups -OCH3 is 1. The van der Waals surface area contributed by atoms with E-state index in [2.05, 4.69) is 4.98 Å². The minimum atomic E-state index is -0.331. The lowest BCUT2D eigenvalue weighted by molar-refractivity contribution is 0.0758. The van der Waals surface area contributed by atoms with Crippen molar-refractivity contribution in [2.75, 3.05) is 33.3 Å². The molecule has 6 heteroatoms. The van der Waals surface area contributed by atoms with E-state index < -0.39 is 0 Å². The van der Waals surface area contributed by atoms with Crippen molar-refractivity contribution in [1.29, 1.82) is 0 Å². The highest BCUT2D eigenvalue weighted by molar-refractivity contribution is 6.08. The summed E-state index contributed by atoms with van der Waals surface area (Å²) in [6.45, 7) is 4.20. The van der Waals surface area contributed by atoms with Crippen LogP contribution in [0.15, 0.2) is 24.3 Å². The number of hydrogen-bond acceptors (Lipinski definition) is 3. The molecule has 1 aromatic carbocycles. The second kappa shape index (κ2) is 6.32. The molecule has 1 aliphatic heterocycles. The van der Waals surface area contributed by atoms with Gasteiger partial charge in [-0.25, -0.2) is 4.79 Å². The first-order valence-electron chi connectivity index (χ1n) is 7.81. The molecular formula is C17H21N3O3. The molecule has 122 valence electrons. The first kappa shape index (κ1) is 15.4. The van der Waals surface area contributed by atoms with E-state index in [0.717, 1.165) is 28.6 Å². The number of rotatable bonds is 1. The van der Waals surface area contributed by atoms with Crippen LogP contribution in [0.25, 0.3) is 10.9 Å². The second-order valence-electron chi connectivity index (χ2n) is 5.77. The summed E-state index contributed by atoms with van der Waals surface area (Å²) < 4.78 is 4.77. The molecule has 1 aromatic heterocycles. The Bertz CT molecular complexity index is 738. The van der Waals surface area contributed by atoms with E-state index in [0.29, 0.717) is 26.2 Å². The molecule has 1 N–H and O–H groups in total. The largest absolute Gasteiger partial charge is 0.453 e. The standard InChI is InChI=1S/C17H21N3O3/c1-12-15(13-6-3-4-7-14(13)18-12)16(21)19-8-5-9-20(11-10-19)17(22)23-2/h3-4,6-7,18H,5,8-11H2,1-2H3. The monoisotopic (exact) mass is 315 g/mol. The van der Waals surface area contributed by atoms with Gasteiger partial charge in [0.05, 0.1) is 12.7 Å². The molecule has 2 heterocycles. The number of aryl methyl sites for hydroxylation is 1. The summed E-state index contributed by atoms with van der Waals surface area (Å²) in [7, 11) is 1.38. The van der Waals surface area contributed by atoms with E-state index in [1.807, 2.05) is 36.1 Å². The van der Waals surface area contributed by atoms with Gasteiger partial charge >= 0.3 is 6.09 Å². The van der Waals surface area contributed by atoms with Gasteiger partial charge in [-0.3, -0.25) is 4.79 Å². The topological polar surface area (TPSA) is 65.6 Å². The molecule has 2 amide bonds. The van der Waals surface area contributed by atoms with Crippen molar-refractivity contribution in [3.8, 4) is 0 Å². The van der Waals surface area contributed by atoms with Gasteiger partial charge in [-0.05, 0) is 19.4 Å². The third-order valence-electron chi connectivity index (χ3n) is 4.32. The lowest BCUT2D eigenvalue weighted by Crippen LogP contribution is -2.37. The number of H-pyrrole nitrogens is 1. The predicted molar refractivity (Wildman–Crippen MR) is 87.5 cm³/mol. The summed E-state index contributed by atoms with van der Waals surface area (Å²) in [5, 5.41) is 0.948. The van der Waals surface area contributed by atoms with Crippen LogP contribution in [-0.2, 0) is 4.74 Å². The molecule has 0 atom stereocenters. The molecule has 0 saturated carbocycles. The number of nitrogens with one attached hydrogen (secondary N) is 1. The molecular weight excluding hydrogens is 294 g/mol. The maximum Gasteiger partial charge on any atom is 0.409 e. The second-order valence-corrected chi connectivity index (χ2v) is 5.77. The van der Waals surface area contributed by atoms with E-state index in [1.165, 1.54) is 7.11 Å². The maximum atomic E-state index is 13.0. The van der Waals surface area contributed by atoms with E-state index >= 15 is 0 Å². The average molecular weight is 315 g/mol. The number of fused-ring (bicyclic) bond motifs is 1. The van der Waals surface area contributed by atoms with Gasteiger partial charge in [0.2, 0.25) is 0 Å². The van der Waals surface area contributed by atoms with Gasteiger partial charge in [-0.2, -0.15) is 0 Å². The Labute approximate surface area is 135 Å². The minimum Gasteiger partial charge on any atom is -0.453 e. The minimum absolute atomic E-state index is 0.0201. The normalized spacial score (nSPS) is 15.6. The molecule has 3 rings (SSSR count).